The van der Waals surface area contributed by atoms with Gasteiger partial charge in [0.15, 0.2) is 0 Å². The maximum atomic E-state index is 12.4. The molecule has 0 aromatic heterocycles. The van der Waals surface area contributed by atoms with Crippen molar-refractivity contribution >= 4 is 12.9 Å². The van der Waals surface area contributed by atoms with Gasteiger partial charge in [-0.05, 0) is 38.1 Å². The Bertz CT molecular complexity index is 292. The maximum Gasteiger partial charge on any atom is 0.367 e. The highest BCUT2D eigenvalue weighted by molar-refractivity contribution is 6.57. The van der Waals surface area contributed by atoms with Crippen molar-refractivity contribution in [2.75, 3.05) is 13.6 Å². The fourth-order valence-corrected chi connectivity index (χ4v) is 3.90. The Morgan fingerprint density at radius 1 is 1.25 bits per heavy atom. The lowest BCUT2D eigenvalue weighted by Gasteiger charge is -2.39. The molecule has 0 radical (unpaired) electrons. The molecule has 114 valence electrons. The standard InChI is InChI=1S/C15H29BN2O2/c1-18-14(10-2-3-11-17)15(19)20-16-12-6-4-7-13(16)9-5-8-12/h12-14,18H,2-11,17H2,1H3/t12-,13+,14-/m0/s1. The third-order valence-electron chi connectivity index (χ3n) is 5.06. The fraction of sp³-hybridized carbons (Fsp3) is 0.933. The minimum atomic E-state index is -0.163. The molecule has 0 aromatic carbocycles. The lowest BCUT2D eigenvalue weighted by Crippen LogP contribution is -2.44. The van der Waals surface area contributed by atoms with Gasteiger partial charge < -0.3 is 15.7 Å². The van der Waals surface area contributed by atoms with Crippen molar-refractivity contribution in [2.24, 2.45) is 5.73 Å². The number of rotatable bonds is 7. The van der Waals surface area contributed by atoms with Crippen molar-refractivity contribution in [3.63, 3.8) is 0 Å². The lowest BCUT2D eigenvalue weighted by molar-refractivity contribution is -0.137. The highest BCUT2D eigenvalue weighted by atomic mass is 16.5. The van der Waals surface area contributed by atoms with Gasteiger partial charge in [-0.2, -0.15) is 0 Å². The van der Waals surface area contributed by atoms with Crippen molar-refractivity contribution in [3.05, 3.63) is 0 Å². The number of hydrogen-bond acceptors (Lipinski definition) is 4. The highest BCUT2D eigenvalue weighted by Gasteiger charge is 2.44. The third kappa shape index (κ3) is 3.98. The van der Waals surface area contributed by atoms with Gasteiger partial charge in [-0.15, -0.1) is 0 Å². The minimum Gasteiger partial charge on any atom is -0.535 e. The van der Waals surface area contributed by atoms with Crippen molar-refractivity contribution in [3.8, 4) is 0 Å². The lowest BCUT2D eigenvalue weighted by atomic mass is 9.38. The van der Waals surface area contributed by atoms with Gasteiger partial charge in [0.1, 0.15) is 6.04 Å². The first-order valence-electron chi connectivity index (χ1n) is 8.34. The summed E-state index contributed by atoms with van der Waals surface area (Å²) in [5.74, 6) is 1.19. The van der Waals surface area contributed by atoms with E-state index in [0.29, 0.717) is 18.2 Å². The third-order valence-corrected chi connectivity index (χ3v) is 5.06. The summed E-state index contributed by atoms with van der Waals surface area (Å²) in [6, 6.07) is -0.163. The zero-order chi connectivity index (χ0) is 14.4. The Kier molecular flexibility index (Phi) is 6.36. The summed E-state index contributed by atoms with van der Waals surface area (Å²) < 4.78 is 5.91. The summed E-state index contributed by atoms with van der Waals surface area (Å²) in [5.41, 5.74) is 5.51. The molecular weight excluding hydrogens is 251 g/mol. The smallest absolute Gasteiger partial charge is 0.367 e. The van der Waals surface area contributed by atoms with Gasteiger partial charge in [-0.3, -0.25) is 4.79 Å². The summed E-state index contributed by atoms with van der Waals surface area (Å²) in [7, 11) is 1.84. The number of unbranched alkanes of at least 4 members (excludes halogenated alkanes) is 1. The number of nitrogens with one attached hydrogen (secondary N) is 1. The van der Waals surface area contributed by atoms with Crippen LogP contribution in [0.25, 0.3) is 0 Å². The molecule has 2 rings (SSSR count). The van der Waals surface area contributed by atoms with Crippen LogP contribution in [0.4, 0.5) is 0 Å². The zero-order valence-electron chi connectivity index (χ0n) is 12.8. The number of nitrogens with two attached hydrogens (primary N) is 1. The molecule has 2 aliphatic rings. The van der Waals surface area contributed by atoms with Crippen LogP contribution >= 0.6 is 0 Å². The molecule has 0 aromatic rings. The van der Waals surface area contributed by atoms with Crippen molar-refractivity contribution in [1.29, 1.82) is 0 Å². The van der Waals surface area contributed by atoms with Crippen molar-refractivity contribution in [1.82, 2.24) is 5.32 Å². The first-order valence-corrected chi connectivity index (χ1v) is 8.34. The average molecular weight is 280 g/mol. The number of hydrogen-bond donors (Lipinski definition) is 2. The maximum absolute atomic E-state index is 12.4. The Morgan fingerprint density at radius 2 is 1.85 bits per heavy atom. The quantitative estimate of drug-likeness (QED) is 0.555. The van der Waals surface area contributed by atoms with Gasteiger partial charge >= 0.3 is 12.9 Å². The van der Waals surface area contributed by atoms with Gasteiger partial charge in [0, 0.05) is 0 Å². The number of carbonyl (C=O) groups is 1. The Morgan fingerprint density at radius 3 is 2.35 bits per heavy atom. The summed E-state index contributed by atoms with van der Waals surface area (Å²) in [6.07, 6.45) is 10.4. The van der Waals surface area contributed by atoms with Crippen LogP contribution in [0, 0.1) is 0 Å². The van der Waals surface area contributed by atoms with Gasteiger partial charge in [0.2, 0.25) is 0 Å². The zero-order valence-corrected chi connectivity index (χ0v) is 12.8. The topological polar surface area (TPSA) is 64.3 Å². The van der Waals surface area contributed by atoms with E-state index >= 15 is 0 Å². The second-order valence-corrected chi connectivity index (χ2v) is 6.41. The first kappa shape index (κ1) is 15.8. The molecule has 0 spiro atoms. The fourth-order valence-electron chi connectivity index (χ4n) is 3.90. The molecule has 20 heavy (non-hydrogen) atoms. The monoisotopic (exact) mass is 280 g/mol. The van der Waals surface area contributed by atoms with Crippen LogP contribution in [0.5, 0.6) is 0 Å². The Hall–Kier alpha value is -0.545. The molecule has 3 N–H and O–H groups in total. The molecule has 0 saturated carbocycles. The number of fused-ring (bicyclic) bond motifs is 2. The molecular formula is C15H29BN2O2. The predicted octanol–water partition coefficient (Wildman–Crippen LogP) is 2.35. The van der Waals surface area contributed by atoms with E-state index in [4.69, 9.17) is 10.4 Å². The van der Waals surface area contributed by atoms with Crippen LogP contribution in [0.15, 0.2) is 0 Å². The number of likely N-dealkylation sites (N-methyl/N-ethyl adjacent to an activating group) is 1. The van der Waals surface area contributed by atoms with Crippen LogP contribution in [0.1, 0.15) is 57.8 Å². The average Bonchev–Trinajstić information content (AvgIpc) is 2.43. The van der Waals surface area contributed by atoms with E-state index in [9.17, 15) is 4.79 Å². The van der Waals surface area contributed by atoms with Crippen LogP contribution < -0.4 is 11.1 Å². The van der Waals surface area contributed by atoms with Gasteiger partial charge in [-0.1, -0.05) is 44.9 Å². The van der Waals surface area contributed by atoms with E-state index in [1.165, 1.54) is 38.5 Å². The van der Waals surface area contributed by atoms with Crippen molar-refractivity contribution in [2.45, 2.75) is 75.5 Å². The van der Waals surface area contributed by atoms with Gasteiger partial charge in [0.05, 0.1) is 0 Å². The summed E-state index contributed by atoms with van der Waals surface area (Å²) in [4.78, 5) is 12.4. The Balaban J connectivity index is 1.85. The van der Waals surface area contributed by atoms with Crippen LogP contribution in [0.2, 0.25) is 11.6 Å². The molecule has 0 aliphatic carbocycles. The predicted molar refractivity (Wildman–Crippen MR) is 82.8 cm³/mol. The van der Waals surface area contributed by atoms with Gasteiger partial charge in [-0.25, -0.2) is 0 Å². The number of carbonyl (C=O) groups excluding carboxylic acids is 1. The summed E-state index contributed by atoms with van der Waals surface area (Å²) in [5, 5.41) is 3.10. The van der Waals surface area contributed by atoms with E-state index < -0.39 is 0 Å². The van der Waals surface area contributed by atoms with E-state index in [1.54, 1.807) is 0 Å². The van der Waals surface area contributed by atoms with E-state index in [0.717, 1.165) is 19.3 Å². The summed E-state index contributed by atoms with van der Waals surface area (Å²) in [6.45, 7) is 0.883. The van der Waals surface area contributed by atoms with E-state index in [-0.39, 0.29) is 18.9 Å². The largest absolute Gasteiger partial charge is 0.535 e. The normalized spacial score (nSPS) is 27.2. The molecule has 4 nitrogen and oxygen atoms in total. The highest BCUT2D eigenvalue weighted by Crippen LogP contribution is 2.46. The van der Waals surface area contributed by atoms with Gasteiger partial charge in [0.25, 0.3) is 0 Å². The molecule has 0 amide bonds. The van der Waals surface area contributed by atoms with E-state index in [1.807, 2.05) is 7.05 Å². The van der Waals surface area contributed by atoms with E-state index in [2.05, 4.69) is 5.32 Å². The SMILES string of the molecule is CN[C@@H](CCCCN)C(=O)OB1[C@H]2CCC[C@@H]1CCC2. The van der Waals surface area contributed by atoms with Crippen LogP contribution in [0.3, 0.4) is 0 Å². The second-order valence-electron chi connectivity index (χ2n) is 6.41. The first-order chi connectivity index (χ1) is 9.76. The van der Waals surface area contributed by atoms with Crippen LogP contribution in [-0.2, 0) is 9.45 Å². The molecule has 2 aliphatic heterocycles. The molecule has 5 heteroatoms. The summed E-state index contributed by atoms with van der Waals surface area (Å²) >= 11 is 0. The van der Waals surface area contributed by atoms with Crippen molar-refractivity contribution < 1.29 is 9.45 Å². The second kappa shape index (κ2) is 8.03. The molecule has 2 fully saturated rings. The molecule has 1 atom stereocenters. The molecule has 2 saturated heterocycles. The molecule has 0 unspecified atom stereocenters. The molecule has 2 heterocycles. The van der Waals surface area contributed by atoms with Crippen LogP contribution in [-0.4, -0.2) is 32.5 Å². The Labute approximate surface area is 123 Å². The minimum absolute atomic E-state index is 0.0479. The molecule has 2 bridgehead atoms.